The van der Waals surface area contributed by atoms with Gasteiger partial charge >= 0.3 is 6.18 Å². The van der Waals surface area contributed by atoms with E-state index in [1.165, 1.54) is 11.8 Å². The fourth-order valence-corrected chi connectivity index (χ4v) is 1.77. The van der Waals surface area contributed by atoms with Crippen molar-refractivity contribution >= 4 is 17.6 Å². The van der Waals surface area contributed by atoms with E-state index in [1.807, 2.05) is 6.92 Å². The molecule has 0 radical (unpaired) electrons. The van der Waals surface area contributed by atoms with Gasteiger partial charge in [-0.1, -0.05) is 6.92 Å². The van der Waals surface area contributed by atoms with E-state index >= 15 is 0 Å². The molecule has 0 bridgehead atoms. The maximum atomic E-state index is 12.2. The van der Waals surface area contributed by atoms with Crippen molar-refractivity contribution in [3.8, 4) is 0 Å². The lowest BCUT2D eigenvalue weighted by Crippen LogP contribution is -2.37. The molecule has 0 rings (SSSR count). The van der Waals surface area contributed by atoms with Crippen LogP contribution in [0.3, 0.4) is 0 Å². The van der Waals surface area contributed by atoms with Gasteiger partial charge in [0.1, 0.15) is 11.8 Å². The molecule has 0 aromatic heterocycles. The van der Waals surface area contributed by atoms with Gasteiger partial charge in [-0.2, -0.15) is 24.9 Å². The van der Waals surface area contributed by atoms with Gasteiger partial charge < -0.3 is 5.73 Å². The highest BCUT2D eigenvalue weighted by Gasteiger charge is 2.41. The van der Waals surface area contributed by atoms with E-state index in [0.29, 0.717) is 5.75 Å². The predicted molar refractivity (Wildman–Crippen MR) is 49.1 cm³/mol. The second kappa shape index (κ2) is 5.36. The van der Waals surface area contributed by atoms with Crippen LogP contribution in [0.25, 0.3) is 0 Å². The first-order chi connectivity index (χ1) is 5.89. The smallest absolute Gasteiger partial charge is 0.387 e. The summed E-state index contributed by atoms with van der Waals surface area (Å²) in [5, 5.41) is 6.79. The van der Waals surface area contributed by atoms with Crippen LogP contribution in [-0.2, 0) is 0 Å². The summed E-state index contributed by atoms with van der Waals surface area (Å²) in [6.45, 7) is 1.89. The average molecular weight is 214 g/mol. The van der Waals surface area contributed by atoms with Gasteiger partial charge in [0.15, 0.2) is 0 Å². The van der Waals surface area contributed by atoms with Crippen LogP contribution in [0.5, 0.6) is 0 Å². The molecule has 78 valence electrons. The standard InChI is InChI=1S/C7H13F3N2S/c1-2-3-13-4-5(6(11)12)7(8,9)10/h5H,2-4H2,1H3,(H3,11,12). The van der Waals surface area contributed by atoms with Gasteiger partial charge in [-0.3, -0.25) is 5.41 Å². The summed E-state index contributed by atoms with van der Waals surface area (Å²) in [7, 11) is 0. The number of nitrogens with two attached hydrogens (primary N) is 1. The zero-order chi connectivity index (χ0) is 10.5. The van der Waals surface area contributed by atoms with Crippen LogP contribution in [0.2, 0.25) is 0 Å². The minimum absolute atomic E-state index is 0.146. The van der Waals surface area contributed by atoms with E-state index < -0.39 is 17.9 Å². The van der Waals surface area contributed by atoms with Crippen LogP contribution < -0.4 is 5.73 Å². The molecule has 0 aliphatic heterocycles. The highest BCUT2D eigenvalue weighted by atomic mass is 32.2. The molecule has 1 unspecified atom stereocenters. The molecule has 0 aliphatic rings. The lowest BCUT2D eigenvalue weighted by atomic mass is 10.1. The molecule has 13 heavy (non-hydrogen) atoms. The molecule has 0 spiro atoms. The monoisotopic (exact) mass is 214 g/mol. The normalized spacial score (nSPS) is 14.2. The van der Waals surface area contributed by atoms with Crippen molar-refractivity contribution in [2.75, 3.05) is 11.5 Å². The van der Waals surface area contributed by atoms with Crippen molar-refractivity contribution in [1.29, 1.82) is 5.41 Å². The van der Waals surface area contributed by atoms with Crippen molar-refractivity contribution in [2.24, 2.45) is 11.7 Å². The fourth-order valence-electron chi connectivity index (χ4n) is 0.706. The number of nitrogens with one attached hydrogen (secondary N) is 1. The zero-order valence-electron chi connectivity index (χ0n) is 7.32. The van der Waals surface area contributed by atoms with E-state index in [0.717, 1.165) is 6.42 Å². The Morgan fingerprint density at radius 1 is 1.54 bits per heavy atom. The maximum Gasteiger partial charge on any atom is 0.399 e. The number of amidine groups is 1. The lowest BCUT2D eigenvalue weighted by Gasteiger charge is -2.17. The quantitative estimate of drug-likeness (QED) is 0.419. The van der Waals surface area contributed by atoms with E-state index in [2.05, 4.69) is 0 Å². The first-order valence-corrected chi connectivity index (χ1v) is 5.03. The van der Waals surface area contributed by atoms with Gasteiger partial charge in [-0.15, -0.1) is 0 Å². The molecule has 0 heterocycles. The molecule has 0 aliphatic carbocycles. The molecule has 0 fully saturated rings. The molecule has 0 aromatic carbocycles. The summed E-state index contributed by atoms with van der Waals surface area (Å²) in [5.74, 6) is -2.06. The summed E-state index contributed by atoms with van der Waals surface area (Å²) in [4.78, 5) is 0. The Morgan fingerprint density at radius 2 is 2.08 bits per heavy atom. The molecule has 1 atom stereocenters. The summed E-state index contributed by atoms with van der Waals surface area (Å²) >= 11 is 1.18. The SMILES string of the molecule is CCCSCC(C(=N)N)C(F)(F)F. The van der Waals surface area contributed by atoms with Gasteiger partial charge in [-0.25, -0.2) is 0 Å². The summed E-state index contributed by atoms with van der Waals surface area (Å²) in [5.41, 5.74) is 4.86. The second-order valence-electron chi connectivity index (χ2n) is 2.62. The number of thioether (sulfide) groups is 1. The van der Waals surface area contributed by atoms with E-state index in [-0.39, 0.29) is 5.75 Å². The zero-order valence-corrected chi connectivity index (χ0v) is 8.13. The Hall–Kier alpha value is -0.390. The third kappa shape index (κ3) is 5.02. The molecule has 6 heteroatoms. The van der Waals surface area contributed by atoms with Crippen LogP contribution in [0.1, 0.15) is 13.3 Å². The number of alkyl halides is 3. The number of hydrogen-bond acceptors (Lipinski definition) is 2. The number of rotatable bonds is 5. The number of hydrogen-bond donors (Lipinski definition) is 2. The molecular weight excluding hydrogens is 201 g/mol. The fraction of sp³-hybridized carbons (Fsp3) is 0.857. The van der Waals surface area contributed by atoms with Gasteiger partial charge in [-0.05, 0) is 12.2 Å². The summed E-state index contributed by atoms with van der Waals surface area (Å²) in [6.07, 6.45) is -3.56. The van der Waals surface area contributed by atoms with Gasteiger partial charge in [0, 0.05) is 5.75 Å². The topological polar surface area (TPSA) is 49.9 Å². The van der Waals surface area contributed by atoms with Crippen LogP contribution in [-0.4, -0.2) is 23.5 Å². The minimum atomic E-state index is -4.38. The first kappa shape index (κ1) is 12.6. The molecule has 0 amide bonds. The number of halogens is 3. The van der Waals surface area contributed by atoms with Gasteiger partial charge in [0.2, 0.25) is 0 Å². The van der Waals surface area contributed by atoms with Crippen LogP contribution in [0.15, 0.2) is 0 Å². The largest absolute Gasteiger partial charge is 0.399 e. The van der Waals surface area contributed by atoms with Crippen molar-refractivity contribution in [1.82, 2.24) is 0 Å². The highest BCUT2D eigenvalue weighted by Crippen LogP contribution is 2.29. The summed E-state index contributed by atoms with van der Waals surface area (Å²) in [6, 6.07) is 0. The minimum Gasteiger partial charge on any atom is -0.387 e. The lowest BCUT2D eigenvalue weighted by molar-refractivity contribution is -0.149. The Bertz CT molecular complexity index is 170. The second-order valence-corrected chi connectivity index (χ2v) is 3.77. The van der Waals surface area contributed by atoms with Crippen molar-refractivity contribution in [2.45, 2.75) is 19.5 Å². The van der Waals surface area contributed by atoms with E-state index in [1.54, 1.807) is 0 Å². The third-order valence-electron chi connectivity index (χ3n) is 1.40. The van der Waals surface area contributed by atoms with Crippen molar-refractivity contribution < 1.29 is 13.2 Å². The summed E-state index contributed by atoms with van der Waals surface area (Å²) < 4.78 is 36.5. The maximum absolute atomic E-state index is 12.2. The molecule has 0 aromatic rings. The molecule has 0 saturated carbocycles. The van der Waals surface area contributed by atoms with Crippen LogP contribution >= 0.6 is 11.8 Å². The highest BCUT2D eigenvalue weighted by molar-refractivity contribution is 7.99. The van der Waals surface area contributed by atoms with Gasteiger partial charge in [0.25, 0.3) is 0 Å². The Morgan fingerprint density at radius 3 is 2.38 bits per heavy atom. The van der Waals surface area contributed by atoms with E-state index in [9.17, 15) is 13.2 Å². The molecule has 3 N–H and O–H groups in total. The predicted octanol–water partition coefficient (Wildman–Crippen LogP) is 2.24. The van der Waals surface area contributed by atoms with Crippen LogP contribution in [0, 0.1) is 11.3 Å². The first-order valence-electron chi connectivity index (χ1n) is 3.88. The average Bonchev–Trinajstić information content (AvgIpc) is 1.94. The Labute approximate surface area is 79.6 Å². The third-order valence-corrected chi connectivity index (χ3v) is 2.67. The van der Waals surface area contributed by atoms with E-state index in [4.69, 9.17) is 11.1 Å². The molecule has 0 saturated heterocycles. The van der Waals surface area contributed by atoms with Crippen LogP contribution in [0.4, 0.5) is 13.2 Å². The Kier molecular flexibility index (Phi) is 5.20. The molecular formula is C7H13F3N2S. The van der Waals surface area contributed by atoms with Gasteiger partial charge in [0.05, 0.1) is 0 Å². The van der Waals surface area contributed by atoms with Crippen molar-refractivity contribution in [3.63, 3.8) is 0 Å². The van der Waals surface area contributed by atoms with Crippen molar-refractivity contribution in [3.05, 3.63) is 0 Å². The Balaban J connectivity index is 4.04. The molecule has 2 nitrogen and oxygen atoms in total.